The summed E-state index contributed by atoms with van der Waals surface area (Å²) in [5.41, 5.74) is 0. The molecule has 0 aromatic rings. The van der Waals surface area contributed by atoms with Crippen LogP contribution in [0.2, 0.25) is 0 Å². The van der Waals surface area contributed by atoms with Crippen LogP contribution in [0.15, 0.2) is 12.2 Å². The Morgan fingerprint density at radius 1 is 1.17 bits per heavy atom. The predicted octanol–water partition coefficient (Wildman–Crippen LogP) is 2.12. The molecule has 0 heterocycles. The van der Waals surface area contributed by atoms with Gasteiger partial charge in [0, 0.05) is 5.48 Å². The first-order chi connectivity index (χ1) is 4.63. The molecule has 0 unspecified atom stereocenters. The van der Waals surface area contributed by atoms with Crippen molar-refractivity contribution in [2.45, 2.75) is 25.6 Å². The minimum atomic E-state index is -0.743. The summed E-state index contributed by atoms with van der Waals surface area (Å²) in [5.74, 6) is 0. The van der Waals surface area contributed by atoms with Crippen molar-refractivity contribution in [2.75, 3.05) is 0 Å². The topological polar surface area (TPSA) is 0 Å². The molecule has 0 aromatic carbocycles. The molecule has 6 heavy (non-hydrogen) atoms. The van der Waals surface area contributed by atoms with Gasteiger partial charge in [-0.2, -0.15) is 0 Å². The maximum absolute atomic E-state index is 7.27. The van der Waals surface area contributed by atoms with Gasteiger partial charge in [0.25, 0.3) is 0 Å². The number of allylic oxidation sites excluding steroid dienone is 2. The highest BCUT2D eigenvalue weighted by molar-refractivity contribution is 4.85. The molecule has 0 fully saturated rings. The SMILES string of the molecule is [2H][C@@H]1[C@H]([2H])[C@H]([2H])C=C[C@H]1[2H]. The van der Waals surface area contributed by atoms with E-state index in [9.17, 15) is 0 Å². The van der Waals surface area contributed by atoms with E-state index in [0.29, 0.717) is 0 Å². The smallest absolute Gasteiger partial charge is 0.0310 e. The molecule has 34 valence electrons. The Hall–Kier alpha value is -0.260. The Labute approximate surface area is 44.5 Å². The highest BCUT2D eigenvalue weighted by Crippen LogP contribution is 2.07. The summed E-state index contributed by atoms with van der Waals surface area (Å²) in [6.45, 7) is 0. The number of hydrogen-bond acceptors (Lipinski definition) is 0. The largest absolute Gasteiger partial charge is 0.0885 e. The van der Waals surface area contributed by atoms with E-state index in [-0.39, 0.29) is 0 Å². The van der Waals surface area contributed by atoms with Crippen molar-refractivity contribution in [3.63, 3.8) is 0 Å². The van der Waals surface area contributed by atoms with Crippen molar-refractivity contribution in [3.05, 3.63) is 12.2 Å². The third-order valence-corrected chi connectivity index (χ3v) is 0.667. The van der Waals surface area contributed by atoms with Crippen LogP contribution in [0.3, 0.4) is 0 Å². The molecule has 0 spiro atoms. The lowest BCUT2D eigenvalue weighted by Gasteiger charge is -1.97. The standard InChI is InChI=1S/C6H10/c1-2-4-6-5-3-1/h1-2H,3-6H2/i3D,4D,5D,6D/t3-,4-,5-,6+/m1/s1. The zero-order valence-electron chi connectivity index (χ0n) is 7.46. The van der Waals surface area contributed by atoms with Crippen LogP contribution < -0.4 is 0 Å². The van der Waals surface area contributed by atoms with E-state index in [4.69, 9.17) is 5.48 Å². The van der Waals surface area contributed by atoms with Crippen LogP contribution in [0.4, 0.5) is 0 Å². The number of hydrogen-bond donors (Lipinski definition) is 0. The molecule has 0 nitrogen and oxygen atoms in total. The van der Waals surface area contributed by atoms with E-state index in [1.54, 1.807) is 0 Å². The molecule has 0 aromatic heterocycles. The Morgan fingerprint density at radius 2 is 1.67 bits per heavy atom. The second kappa shape index (κ2) is 2.01. The number of rotatable bonds is 0. The molecule has 1 aliphatic rings. The monoisotopic (exact) mass is 86.1 g/mol. The van der Waals surface area contributed by atoms with Crippen molar-refractivity contribution in [2.24, 2.45) is 0 Å². The Bertz CT molecular complexity index is 129. The average molecular weight is 86.2 g/mol. The third-order valence-electron chi connectivity index (χ3n) is 0.667. The van der Waals surface area contributed by atoms with Gasteiger partial charge >= 0.3 is 0 Å². The fourth-order valence-electron chi connectivity index (χ4n) is 0.385. The normalized spacial score (nSPS) is 80.0. The minimum Gasteiger partial charge on any atom is -0.0885 e. The Balaban J connectivity index is 2.69. The Morgan fingerprint density at radius 3 is 2.17 bits per heavy atom. The zero-order chi connectivity index (χ0) is 7.72. The van der Waals surface area contributed by atoms with Gasteiger partial charge in [-0.05, 0) is 25.6 Å². The summed E-state index contributed by atoms with van der Waals surface area (Å²) in [7, 11) is 0. The lowest BCUT2D eigenvalue weighted by atomic mass is 10.1. The highest BCUT2D eigenvalue weighted by atomic mass is 13.9. The summed E-state index contributed by atoms with van der Waals surface area (Å²) in [4.78, 5) is 0. The second-order valence-electron chi connectivity index (χ2n) is 1.15. The first-order valence-electron chi connectivity index (χ1n) is 4.31. The van der Waals surface area contributed by atoms with Crippen LogP contribution in [0.5, 0.6) is 0 Å². The van der Waals surface area contributed by atoms with Crippen LogP contribution in [-0.2, 0) is 0 Å². The summed E-state index contributed by atoms with van der Waals surface area (Å²) in [6, 6.07) is 0. The molecular weight excluding hydrogens is 72.1 g/mol. The summed E-state index contributed by atoms with van der Waals surface area (Å²) in [6.07, 6.45) is 0.356. The maximum atomic E-state index is 7.27. The molecule has 0 amide bonds. The van der Waals surface area contributed by atoms with Gasteiger partial charge in [0.05, 0.1) is 0 Å². The summed E-state index contributed by atoms with van der Waals surface area (Å²) >= 11 is 0. The van der Waals surface area contributed by atoms with Crippen molar-refractivity contribution in [3.8, 4) is 0 Å². The highest BCUT2D eigenvalue weighted by Gasteiger charge is 1.87. The molecule has 0 saturated carbocycles. The molecular formula is C6H10. The van der Waals surface area contributed by atoms with Gasteiger partial charge < -0.3 is 0 Å². The predicted molar refractivity (Wildman–Crippen MR) is 27.6 cm³/mol. The average Bonchev–Trinajstić information content (AvgIpc) is 1.93. The van der Waals surface area contributed by atoms with E-state index in [2.05, 4.69) is 0 Å². The molecule has 0 radical (unpaired) electrons. The van der Waals surface area contributed by atoms with Gasteiger partial charge in [-0.25, -0.2) is 0 Å². The van der Waals surface area contributed by atoms with Crippen molar-refractivity contribution >= 4 is 0 Å². The van der Waals surface area contributed by atoms with Crippen molar-refractivity contribution < 1.29 is 5.48 Å². The second-order valence-corrected chi connectivity index (χ2v) is 1.15. The first-order valence-corrected chi connectivity index (χ1v) is 2.00. The molecule has 0 bridgehead atoms. The van der Waals surface area contributed by atoms with E-state index in [1.807, 2.05) is 0 Å². The van der Waals surface area contributed by atoms with E-state index in [0.717, 1.165) is 0 Å². The van der Waals surface area contributed by atoms with Gasteiger partial charge in [0.1, 0.15) is 0 Å². The lowest BCUT2D eigenvalue weighted by Crippen LogP contribution is -1.77. The molecule has 1 rings (SSSR count). The zero-order valence-corrected chi connectivity index (χ0v) is 3.46. The van der Waals surface area contributed by atoms with Gasteiger partial charge in [-0.3, -0.25) is 0 Å². The van der Waals surface area contributed by atoms with Crippen LogP contribution in [0.25, 0.3) is 0 Å². The minimum absolute atomic E-state index is 0.607. The molecule has 0 saturated heterocycles. The molecule has 0 N–H and O–H groups in total. The molecule has 4 atom stereocenters. The summed E-state index contributed by atoms with van der Waals surface area (Å²) in [5, 5.41) is 0. The fourth-order valence-corrected chi connectivity index (χ4v) is 0.385. The van der Waals surface area contributed by atoms with Gasteiger partial charge in [-0.1, -0.05) is 12.2 Å². The third kappa shape index (κ3) is 0.852. The lowest BCUT2D eigenvalue weighted by molar-refractivity contribution is 0.730. The maximum Gasteiger partial charge on any atom is 0.0310 e. The van der Waals surface area contributed by atoms with E-state index >= 15 is 0 Å². The van der Waals surface area contributed by atoms with E-state index in [1.165, 1.54) is 12.2 Å². The van der Waals surface area contributed by atoms with Crippen LogP contribution in [0, 0.1) is 0 Å². The van der Waals surface area contributed by atoms with Crippen LogP contribution in [-0.4, -0.2) is 0 Å². The summed E-state index contributed by atoms with van der Waals surface area (Å²) < 4.78 is 29.0. The fraction of sp³-hybridized carbons (Fsp3) is 0.667. The van der Waals surface area contributed by atoms with E-state index < -0.39 is 25.6 Å². The van der Waals surface area contributed by atoms with Crippen molar-refractivity contribution in [1.82, 2.24) is 0 Å². The van der Waals surface area contributed by atoms with Crippen LogP contribution >= 0.6 is 0 Å². The van der Waals surface area contributed by atoms with Gasteiger partial charge in [-0.15, -0.1) is 0 Å². The molecule has 0 heteroatoms. The molecule has 0 aliphatic heterocycles. The molecule has 1 aliphatic carbocycles. The van der Waals surface area contributed by atoms with Gasteiger partial charge in [0.15, 0.2) is 0 Å². The first kappa shape index (κ1) is 1.36. The Kier molecular flexibility index (Phi) is 0.456. The quantitative estimate of drug-likeness (QED) is 0.396. The van der Waals surface area contributed by atoms with Gasteiger partial charge in [0.2, 0.25) is 0 Å². The van der Waals surface area contributed by atoms with Crippen molar-refractivity contribution in [1.29, 1.82) is 0 Å². The van der Waals surface area contributed by atoms with Crippen LogP contribution in [0.1, 0.15) is 31.1 Å².